The summed E-state index contributed by atoms with van der Waals surface area (Å²) < 4.78 is 11.1. The third-order valence-electron chi connectivity index (χ3n) is 8.27. The molecular formula is C37H74N4O5S3. The third kappa shape index (κ3) is 23.3. The minimum atomic E-state index is -0.810. The molecule has 49 heavy (non-hydrogen) atoms. The van der Waals surface area contributed by atoms with Crippen molar-refractivity contribution < 1.29 is 24.2 Å². The largest absolute Gasteiger partial charge is 0.381 e. The molecule has 0 aliphatic carbocycles. The Labute approximate surface area is 315 Å². The smallest absolute Gasteiger partial charge is 0.226 e. The summed E-state index contributed by atoms with van der Waals surface area (Å²) in [6.45, 7) is 27.2. The second-order valence-electron chi connectivity index (χ2n) is 14.9. The predicted octanol–water partition coefficient (Wildman–Crippen LogP) is 8.39. The van der Waals surface area contributed by atoms with Crippen molar-refractivity contribution in [1.82, 2.24) is 15.5 Å². The fourth-order valence-corrected chi connectivity index (χ4v) is 8.58. The van der Waals surface area contributed by atoms with Gasteiger partial charge in [-0.1, -0.05) is 66.6 Å². The summed E-state index contributed by atoms with van der Waals surface area (Å²) in [7, 11) is 5.10. The van der Waals surface area contributed by atoms with Crippen LogP contribution in [0.15, 0.2) is 0 Å². The molecule has 0 saturated carbocycles. The zero-order chi connectivity index (χ0) is 39.1. The fraction of sp³-hybridized carbons (Fsp3) is 0.892. The number of methoxy groups -OCH3 is 1. The molecule has 0 saturated heterocycles. The molecule has 0 spiro atoms. The van der Waals surface area contributed by atoms with Crippen LogP contribution in [0.2, 0.25) is 0 Å². The maximum atomic E-state index is 13.4. The van der Waals surface area contributed by atoms with E-state index in [1.807, 2.05) is 27.7 Å². The van der Waals surface area contributed by atoms with Crippen LogP contribution in [0.25, 0.3) is 0 Å². The number of thioether (sulfide) groups is 2. The third-order valence-corrected chi connectivity index (χ3v) is 11.0. The summed E-state index contributed by atoms with van der Waals surface area (Å²) in [6, 6.07) is 2.47. The number of nitrogens with one attached hydrogen (secondary N) is 2. The molecule has 0 aliphatic rings. The summed E-state index contributed by atoms with van der Waals surface area (Å²) in [4.78, 5) is 28.0. The van der Waals surface area contributed by atoms with E-state index in [0.717, 1.165) is 22.1 Å². The number of carbonyl (C=O) groups is 2. The molecule has 9 nitrogen and oxygen atoms in total. The van der Waals surface area contributed by atoms with Gasteiger partial charge >= 0.3 is 0 Å². The molecule has 12 heteroatoms. The molecule has 0 aromatic heterocycles. The Morgan fingerprint density at radius 1 is 1.02 bits per heavy atom. The Morgan fingerprint density at radius 2 is 1.57 bits per heavy atom. The highest BCUT2D eigenvalue weighted by Crippen LogP contribution is 2.50. The van der Waals surface area contributed by atoms with Gasteiger partial charge in [-0.15, -0.1) is 23.5 Å². The van der Waals surface area contributed by atoms with E-state index in [4.69, 9.17) is 22.1 Å². The van der Waals surface area contributed by atoms with Crippen LogP contribution < -0.4 is 10.6 Å². The summed E-state index contributed by atoms with van der Waals surface area (Å²) in [5.41, 5.74) is -1.69. The van der Waals surface area contributed by atoms with Gasteiger partial charge < -0.3 is 24.8 Å². The molecule has 0 radical (unpaired) electrons. The minimum Gasteiger partial charge on any atom is -0.381 e. The van der Waals surface area contributed by atoms with E-state index < -0.39 is 15.6 Å². The Bertz CT molecular complexity index is 968. The molecule has 290 valence electrons. The molecule has 0 aromatic carbocycles. The van der Waals surface area contributed by atoms with Gasteiger partial charge in [-0.3, -0.25) is 14.9 Å². The summed E-state index contributed by atoms with van der Waals surface area (Å²) in [5.74, 6) is 0.493. The van der Waals surface area contributed by atoms with Crippen molar-refractivity contribution in [2.75, 3.05) is 40.4 Å². The van der Waals surface area contributed by atoms with E-state index in [1.165, 1.54) is 6.42 Å². The number of aliphatic hydroxyl groups excluding tert-OH is 1. The summed E-state index contributed by atoms with van der Waals surface area (Å²) >= 11 is 8.75. The maximum Gasteiger partial charge on any atom is 0.226 e. The second kappa shape index (κ2) is 26.8. The Balaban J connectivity index is -0.00000207. The fourth-order valence-electron chi connectivity index (χ4n) is 5.36. The number of hydrogen-bond acceptors (Lipinski definition) is 10. The Morgan fingerprint density at radius 3 is 1.98 bits per heavy atom. The highest BCUT2D eigenvalue weighted by Gasteiger charge is 2.48. The normalized spacial score (nSPS) is 14.8. The van der Waals surface area contributed by atoms with Gasteiger partial charge in [-0.2, -0.15) is 5.26 Å². The van der Waals surface area contributed by atoms with Crippen LogP contribution in [0.1, 0.15) is 135 Å². The van der Waals surface area contributed by atoms with Gasteiger partial charge in [-0.05, 0) is 85.3 Å². The molecule has 0 heterocycles. The molecule has 0 bridgehead atoms. The lowest BCUT2D eigenvalue weighted by Gasteiger charge is -2.45. The zero-order valence-electron chi connectivity index (χ0n) is 34.0. The summed E-state index contributed by atoms with van der Waals surface area (Å²) in [5, 5.41) is 24.0. The molecule has 3 N–H and O–H groups in total. The maximum absolute atomic E-state index is 13.4. The van der Waals surface area contributed by atoms with Gasteiger partial charge in [0.2, 0.25) is 11.8 Å². The topological polar surface area (TPSA) is 124 Å². The first-order valence-corrected chi connectivity index (χ1v) is 20.0. The van der Waals surface area contributed by atoms with E-state index in [-0.39, 0.29) is 48.6 Å². The van der Waals surface area contributed by atoms with Gasteiger partial charge in [0.05, 0.1) is 42.6 Å². The first kappa shape index (κ1) is 52.4. The van der Waals surface area contributed by atoms with Gasteiger partial charge in [0.25, 0.3) is 0 Å². The van der Waals surface area contributed by atoms with Crippen LogP contribution >= 0.6 is 35.7 Å². The molecule has 0 rings (SSSR count). The van der Waals surface area contributed by atoms with Crippen molar-refractivity contribution in [2.45, 2.75) is 157 Å². The monoisotopic (exact) mass is 750 g/mol. The number of ether oxygens (including phenoxy) is 2. The molecule has 4 unspecified atom stereocenters. The van der Waals surface area contributed by atoms with Crippen LogP contribution in [0.4, 0.5) is 0 Å². The Kier molecular flexibility index (Phi) is 28.6. The number of rotatable bonds is 20. The Hall–Kier alpha value is -0.940. The highest BCUT2D eigenvalue weighted by atomic mass is 32.2. The average Bonchev–Trinajstić information content (AvgIpc) is 2.96. The highest BCUT2D eigenvalue weighted by molar-refractivity contribution is 8.47. The number of carbonyl (C=O) groups excluding carboxylic acids is 2. The molecule has 4 atom stereocenters. The van der Waals surface area contributed by atoms with E-state index in [1.54, 1.807) is 49.6 Å². The van der Waals surface area contributed by atoms with E-state index >= 15 is 0 Å². The average molecular weight is 751 g/mol. The van der Waals surface area contributed by atoms with E-state index in [0.29, 0.717) is 26.0 Å². The molecular weight excluding hydrogens is 677 g/mol. The zero-order valence-corrected chi connectivity index (χ0v) is 36.5. The number of nitrogens with zero attached hydrogens (tertiary/aromatic N) is 2. The lowest BCUT2D eigenvalue weighted by atomic mass is 9.60. The second-order valence-corrected chi connectivity index (χ2v) is 19.0. The first-order valence-electron chi connectivity index (χ1n) is 17.8. The standard InChI is InChI=1S/C31H57N3O3S3.C3H9NO2.C3H8/c1-14-16-23(4)37-29(7,8)19-22(3)33-25(35)17-18-31(11,21-32)28(5,6)20-24(26(36)34(12)13)30(9,10)40-27(38)39-15-2;1-6-3-4-2-5;1-3-2/h22-24H,14-20H2,1-13H3,(H,33,35);4-5H,2-3H2,1H3;3H2,1-2H3. The molecule has 0 aromatic rings. The van der Waals surface area contributed by atoms with Gasteiger partial charge in [-0.25, -0.2) is 0 Å². The van der Waals surface area contributed by atoms with Crippen molar-refractivity contribution in [2.24, 2.45) is 16.7 Å². The van der Waals surface area contributed by atoms with Crippen LogP contribution in [0.3, 0.4) is 0 Å². The minimum absolute atomic E-state index is 0.0200. The number of thiocarbonyl (C=S) groups is 1. The summed E-state index contributed by atoms with van der Waals surface area (Å²) in [6.07, 6.45) is 5.36. The van der Waals surface area contributed by atoms with Crippen molar-refractivity contribution in [1.29, 1.82) is 5.26 Å². The number of amides is 2. The van der Waals surface area contributed by atoms with E-state index in [2.05, 4.69) is 83.8 Å². The number of aliphatic hydroxyl groups is 1. The van der Waals surface area contributed by atoms with Crippen molar-refractivity contribution in [3.05, 3.63) is 0 Å². The molecule has 0 fully saturated rings. The predicted molar refractivity (Wildman–Crippen MR) is 216 cm³/mol. The number of nitriles is 1. The first-order chi connectivity index (χ1) is 22.5. The van der Waals surface area contributed by atoms with Gasteiger partial charge in [0.15, 0.2) is 0 Å². The van der Waals surface area contributed by atoms with Crippen molar-refractivity contribution in [3.8, 4) is 6.07 Å². The molecule has 2 amide bonds. The van der Waals surface area contributed by atoms with E-state index in [9.17, 15) is 14.9 Å². The van der Waals surface area contributed by atoms with Crippen molar-refractivity contribution in [3.63, 3.8) is 0 Å². The van der Waals surface area contributed by atoms with Gasteiger partial charge in [0.1, 0.15) is 3.53 Å². The lowest BCUT2D eigenvalue weighted by molar-refractivity contribution is -0.135. The SMILES string of the molecule is CCC.CCCC(C)OC(C)(C)CC(C)NC(=O)CCC(C)(C#N)C(C)(C)CC(C(=O)N(C)C)C(C)(C)SC(=S)SCC.COCNCO. The van der Waals surface area contributed by atoms with Crippen LogP contribution in [0.5, 0.6) is 0 Å². The van der Waals surface area contributed by atoms with Crippen LogP contribution in [-0.2, 0) is 19.1 Å². The van der Waals surface area contributed by atoms with Crippen LogP contribution in [-0.4, -0.2) is 88.3 Å². The van der Waals surface area contributed by atoms with Gasteiger partial charge in [0, 0.05) is 38.4 Å². The van der Waals surface area contributed by atoms with Crippen LogP contribution in [0, 0.1) is 28.1 Å². The number of hydrogen-bond donors (Lipinski definition) is 3. The quantitative estimate of drug-likeness (QED) is 0.0635. The lowest BCUT2D eigenvalue weighted by Crippen LogP contribution is -2.47. The van der Waals surface area contributed by atoms with Crippen molar-refractivity contribution >= 4 is 51.1 Å². The molecule has 0 aliphatic heterocycles.